The minimum atomic E-state index is -0.459. The van der Waals surface area contributed by atoms with Gasteiger partial charge < -0.3 is 19.3 Å². The van der Waals surface area contributed by atoms with Crippen LogP contribution in [0.3, 0.4) is 0 Å². The van der Waals surface area contributed by atoms with Gasteiger partial charge in [-0.05, 0) is 48.0 Å². The molecule has 2 aromatic carbocycles. The molecule has 0 aliphatic heterocycles. The summed E-state index contributed by atoms with van der Waals surface area (Å²) in [6, 6.07) is 14.1. The maximum absolute atomic E-state index is 11.8. The van der Waals surface area contributed by atoms with Gasteiger partial charge in [-0.1, -0.05) is 12.1 Å². The Kier molecular flexibility index (Phi) is 6.86. The van der Waals surface area contributed by atoms with E-state index in [-0.39, 0.29) is 6.61 Å². The zero-order valence-electron chi connectivity index (χ0n) is 13.5. The zero-order valence-corrected chi connectivity index (χ0v) is 13.5. The minimum absolute atomic E-state index is 0.0935. The molecule has 24 heavy (non-hydrogen) atoms. The predicted molar refractivity (Wildman–Crippen MR) is 91.3 cm³/mol. The minimum Gasteiger partial charge on any atom is -0.497 e. The maximum atomic E-state index is 11.8. The number of esters is 1. The van der Waals surface area contributed by atoms with E-state index in [2.05, 4.69) is 0 Å². The monoisotopic (exact) mass is 328 g/mol. The Hall–Kier alpha value is -2.79. The standard InChI is InChI=1S/C19H20O5/c1-22-16-6-3-15(4-7-16)5-12-19(21)24-18-10-8-17(9-11-18)23-14-2-13-20/h3-12,20H,2,13-14H2,1H3/b12-5+. The molecule has 0 aliphatic rings. The summed E-state index contributed by atoms with van der Waals surface area (Å²) in [5.74, 6) is 1.40. The van der Waals surface area contributed by atoms with Gasteiger partial charge in [-0.2, -0.15) is 0 Å². The summed E-state index contributed by atoms with van der Waals surface area (Å²) in [5, 5.41) is 8.70. The third-order valence-electron chi connectivity index (χ3n) is 3.14. The highest BCUT2D eigenvalue weighted by atomic mass is 16.5. The highest BCUT2D eigenvalue weighted by Gasteiger charge is 2.01. The van der Waals surface area contributed by atoms with E-state index in [9.17, 15) is 4.79 Å². The molecule has 0 heterocycles. The summed E-state index contributed by atoms with van der Waals surface area (Å²) in [4.78, 5) is 11.8. The molecule has 0 bridgehead atoms. The Balaban J connectivity index is 1.85. The van der Waals surface area contributed by atoms with E-state index in [1.807, 2.05) is 24.3 Å². The highest BCUT2D eigenvalue weighted by Crippen LogP contribution is 2.18. The van der Waals surface area contributed by atoms with Crippen molar-refractivity contribution in [2.24, 2.45) is 0 Å². The number of carbonyl (C=O) groups excluding carboxylic acids is 1. The summed E-state index contributed by atoms with van der Waals surface area (Å²) in [7, 11) is 1.60. The van der Waals surface area contributed by atoms with Crippen molar-refractivity contribution in [2.75, 3.05) is 20.3 Å². The molecule has 0 atom stereocenters. The van der Waals surface area contributed by atoms with Crippen molar-refractivity contribution in [2.45, 2.75) is 6.42 Å². The third-order valence-corrected chi connectivity index (χ3v) is 3.14. The van der Waals surface area contributed by atoms with Crippen LogP contribution in [-0.2, 0) is 4.79 Å². The number of rotatable bonds is 8. The summed E-state index contributed by atoms with van der Waals surface area (Å²) in [6.07, 6.45) is 3.62. The number of hydrogen-bond acceptors (Lipinski definition) is 5. The summed E-state index contributed by atoms with van der Waals surface area (Å²) in [6.45, 7) is 0.538. The van der Waals surface area contributed by atoms with Gasteiger partial charge in [-0.25, -0.2) is 4.79 Å². The molecule has 0 aromatic heterocycles. The Bertz CT molecular complexity index is 659. The number of ether oxygens (including phenoxy) is 3. The van der Waals surface area contributed by atoms with Gasteiger partial charge in [0, 0.05) is 19.1 Å². The molecule has 1 N–H and O–H groups in total. The second-order valence-electron chi connectivity index (χ2n) is 4.92. The van der Waals surface area contributed by atoms with Crippen molar-refractivity contribution < 1.29 is 24.1 Å². The van der Waals surface area contributed by atoms with Crippen LogP contribution in [0.15, 0.2) is 54.6 Å². The topological polar surface area (TPSA) is 65.0 Å². The summed E-state index contributed by atoms with van der Waals surface area (Å²) in [5.41, 5.74) is 0.875. The second-order valence-corrected chi connectivity index (χ2v) is 4.92. The molecule has 0 amide bonds. The molecule has 5 nitrogen and oxygen atoms in total. The molecule has 2 aromatic rings. The Morgan fingerprint density at radius 1 is 1.00 bits per heavy atom. The van der Waals surface area contributed by atoms with Gasteiger partial charge in [-0.3, -0.25) is 0 Å². The van der Waals surface area contributed by atoms with Crippen LogP contribution in [0.2, 0.25) is 0 Å². The molecule has 0 saturated carbocycles. The molecule has 0 radical (unpaired) electrons. The van der Waals surface area contributed by atoms with Gasteiger partial charge in [0.15, 0.2) is 0 Å². The van der Waals surface area contributed by atoms with E-state index in [4.69, 9.17) is 19.3 Å². The SMILES string of the molecule is COc1ccc(/C=C/C(=O)Oc2ccc(OCCCO)cc2)cc1. The molecular formula is C19H20O5. The molecule has 0 saturated heterocycles. The van der Waals surface area contributed by atoms with E-state index in [0.29, 0.717) is 24.5 Å². The molecule has 0 unspecified atom stereocenters. The Labute approximate surface area is 141 Å². The molecule has 0 spiro atoms. The number of carbonyl (C=O) groups is 1. The largest absolute Gasteiger partial charge is 0.497 e. The van der Waals surface area contributed by atoms with Crippen LogP contribution in [0, 0.1) is 0 Å². The first-order valence-electron chi connectivity index (χ1n) is 7.59. The lowest BCUT2D eigenvalue weighted by Gasteiger charge is -2.06. The number of aliphatic hydroxyl groups is 1. The Morgan fingerprint density at radius 3 is 2.25 bits per heavy atom. The Morgan fingerprint density at radius 2 is 1.62 bits per heavy atom. The van der Waals surface area contributed by atoms with Crippen LogP contribution in [-0.4, -0.2) is 31.4 Å². The van der Waals surface area contributed by atoms with E-state index >= 15 is 0 Å². The van der Waals surface area contributed by atoms with Crippen molar-refractivity contribution in [1.29, 1.82) is 0 Å². The van der Waals surface area contributed by atoms with Crippen molar-refractivity contribution >= 4 is 12.0 Å². The second kappa shape index (κ2) is 9.37. The number of hydrogen-bond donors (Lipinski definition) is 1. The van der Waals surface area contributed by atoms with Crippen LogP contribution < -0.4 is 14.2 Å². The fraction of sp³-hybridized carbons (Fsp3) is 0.211. The fourth-order valence-electron chi connectivity index (χ4n) is 1.89. The van der Waals surface area contributed by atoms with Crippen LogP contribution in [0.5, 0.6) is 17.2 Å². The van der Waals surface area contributed by atoms with Crippen LogP contribution in [0.4, 0.5) is 0 Å². The lowest BCUT2D eigenvalue weighted by molar-refractivity contribution is -0.128. The molecule has 0 aliphatic carbocycles. The van der Waals surface area contributed by atoms with Crippen molar-refractivity contribution in [1.82, 2.24) is 0 Å². The van der Waals surface area contributed by atoms with E-state index in [1.54, 1.807) is 37.5 Å². The van der Waals surface area contributed by atoms with E-state index in [1.165, 1.54) is 6.08 Å². The first-order valence-corrected chi connectivity index (χ1v) is 7.59. The van der Waals surface area contributed by atoms with Gasteiger partial charge >= 0.3 is 5.97 Å². The third kappa shape index (κ3) is 5.78. The number of benzene rings is 2. The van der Waals surface area contributed by atoms with Crippen molar-refractivity contribution in [3.8, 4) is 17.2 Å². The van der Waals surface area contributed by atoms with Gasteiger partial charge in [0.1, 0.15) is 17.2 Å². The average molecular weight is 328 g/mol. The first kappa shape index (κ1) is 17.6. The fourth-order valence-corrected chi connectivity index (χ4v) is 1.89. The molecule has 2 rings (SSSR count). The molecule has 0 fully saturated rings. The van der Waals surface area contributed by atoms with Gasteiger partial charge in [-0.15, -0.1) is 0 Å². The lowest BCUT2D eigenvalue weighted by Crippen LogP contribution is -2.04. The average Bonchev–Trinajstić information content (AvgIpc) is 2.62. The lowest BCUT2D eigenvalue weighted by atomic mass is 10.2. The number of aliphatic hydroxyl groups excluding tert-OH is 1. The predicted octanol–water partition coefficient (Wildman–Crippen LogP) is 3.08. The molecule has 5 heteroatoms. The zero-order chi connectivity index (χ0) is 17.2. The number of methoxy groups -OCH3 is 1. The first-order chi connectivity index (χ1) is 11.7. The quantitative estimate of drug-likeness (QED) is 0.349. The smallest absolute Gasteiger partial charge is 0.336 e. The molecule has 126 valence electrons. The van der Waals surface area contributed by atoms with Crippen LogP contribution in [0.1, 0.15) is 12.0 Å². The van der Waals surface area contributed by atoms with Crippen molar-refractivity contribution in [3.05, 3.63) is 60.2 Å². The van der Waals surface area contributed by atoms with Crippen LogP contribution in [0.25, 0.3) is 6.08 Å². The normalized spacial score (nSPS) is 10.6. The van der Waals surface area contributed by atoms with Gasteiger partial charge in [0.25, 0.3) is 0 Å². The maximum Gasteiger partial charge on any atom is 0.336 e. The van der Waals surface area contributed by atoms with Gasteiger partial charge in [0.2, 0.25) is 0 Å². The molecular weight excluding hydrogens is 308 g/mol. The van der Waals surface area contributed by atoms with E-state index < -0.39 is 5.97 Å². The van der Waals surface area contributed by atoms with Gasteiger partial charge in [0.05, 0.1) is 13.7 Å². The van der Waals surface area contributed by atoms with Crippen molar-refractivity contribution in [3.63, 3.8) is 0 Å². The van der Waals surface area contributed by atoms with Crippen LogP contribution >= 0.6 is 0 Å². The summed E-state index contributed by atoms with van der Waals surface area (Å²) < 4.78 is 15.7. The highest BCUT2D eigenvalue weighted by molar-refractivity contribution is 5.88. The summed E-state index contributed by atoms with van der Waals surface area (Å²) >= 11 is 0. The van der Waals surface area contributed by atoms with E-state index in [0.717, 1.165) is 11.3 Å².